The fourth-order valence-electron chi connectivity index (χ4n) is 20.6. The lowest BCUT2D eigenvalue weighted by Gasteiger charge is -2.54. The van der Waals surface area contributed by atoms with Crippen LogP contribution in [-0.4, -0.2) is 0 Å². The first-order valence-electron chi connectivity index (χ1n) is 53.7. The van der Waals surface area contributed by atoms with Crippen molar-refractivity contribution >= 4 is 0 Å². The second-order valence-electron chi connectivity index (χ2n) is 39.6. The maximum atomic E-state index is 2.97. The molecule has 0 aromatic heterocycles. The fraction of sp³-hybridized carbons (Fsp3) is 1.00. The molecule has 0 aliphatic heterocycles. The van der Waals surface area contributed by atoms with E-state index in [2.05, 4.69) is 69.2 Å². The smallest absolute Gasteiger partial charge is 0.0213 e. The molecule has 109 heavy (non-hydrogen) atoms. The highest BCUT2D eigenvalue weighted by molar-refractivity contribution is 4.98. The van der Waals surface area contributed by atoms with Gasteiger partial charge in [0.2, 0.25) is 0 Å². The molecule has 5 atom stereocenters. The zero-order chi connectivity index (χ0) is 79.0. The van der Waals surface area contributed by atoms with E-state index >= 15 is 0 Å². The second-order valence-corrected chi connectivity index (χ2v) is 39.6. The van der Waals surface area contributed by atoms with E-state index in [1.165, 1.54) is 565 Å². The van der Waals surface area contributed by atoms with E-state index in [-0.39, 0.29) is 0 Å². The highest BCUT2D eigenvalue weighted by Crippen LogP contribution is 2.57. The number of hydrogen-bond donors (Lipinski definition) is 0. The number of rotatable bonds is 98. The topological polar surface area (TPSA) is 0 Å². The Balaban J connectivity index is 7.09. The Bertz CT molecular complexity index is 1590. The normalized spacial score (nSPS) is 13.8. The summed E-state index contributed by atoms with van der Waals surface area (Å²) in [6.07, 6.45) is 137. The Labute approximate surface area is 696 Å². The molecule has 0 rings (SSSR count). The van der Waals surface area contributed by atoms with Crippen molar-refractivity contribution < 1.29 is 0 Å². The first-order valence-corrected chi connectivity index (χ1v) is 53.7. The summed E-state index contributed by atoms with van der Waals surface area (Å²) in [4.78, 5) is 0. The summed E-state index contributed by atoms with van der Waals surface area (Å²) in [7, 11) is 0. The molecule has 0 aromatic rings. The molecule has 0 radical (unpaired) electrons. The van der Waals surface area contributed by atoms with Crippen molar-refractivity contribution in [2.45, 2.75) is 660 Å². The van der Waals surface area contributed by atoms with Gasteiger partial charge in [0.05, 0.1) is 0 Å². The molecule has 0 spiro atoms. The van der Waals surface area contributed by atoms with Gasteiger partial charge in [0, 0.05) is 0 Å². The predicted molar refractivity (Wildman–Crippen MR) is 505 cm³/mol. The fourth-order valence-corrected chi connectivity index (χ4v) is 20.6. The zero-order valence-corrected chi connectivity index (χ0v) is 79.0. The molecule has 0 heteroatoms. The van der Waals surface area contributed by atoms with Crippen LogP contribution >= 0.6 is 0 Å². The molecule has 0 N–H and O–H groups in total. The van der Waals surface area contributed by atoms with Crippen LogP contribution < -0.4 is 0 Å². The minimum atomic E-state index is 0.487. The van der Waals surface area contributed by atoms with Gasteiger partial charge in [0.15, 0.2) is 0 Å². The van der Waals surface area contributed by atoms with Gasteiger partial charge in [-0.25, -0.2) is 0 Å². The lowest BCUT2D eigenvalue weighted by molar-refractivity contribution is -0.0504. The van der Waals surface area contributed by atoms with Crippen molar-refractivity contribution in [2.24, 2.45) is 40.9 Å². The van der Waals surface area contributed by atoms with Crippen LogP contribution in [0.15, 0.2) is 0 Å². The van der Waals surface area contributed by atoms with E-state index in [0.717, 1.165) is 35.5 Å². The molecular formula is C109H220. The molecule has 0 amide bonds. The van der Waals surface area contributed by atoms with E-state index in [4.69, 9.17) is 0 Å². The zero-order valence-electron chi connectivity index (χ0n) is 79.0. The van der Waals surface area contributed by atoms with Gasteiger partial charge >= 0.3 is 0 Å². The van der Waals surface area contributed by atoms with Crippen molar-refractivity contribution in [1.82, 2.24) is 0 Å². The third kappa shape index (κ3) is 77.7. The lowest BCUT2D eigenvalue weighted by Crippen LogP contribution is -2.46. The highest BCUT2D eigenvalue weighted by atomic mass is 14.5. The number of unbranched alkanes of at least 4 members (excludes halogenated alkanes) is 78. The largest absolute Gasteiger partial charge is 0.0654 e. The van der Waals surface area contributed by atoms with Crippen LogP contribution in [0.4, 0.5) is 0 Å². The van der Waals surface area contributed by atoms with Gasteiger partial charge in [0.1, 0.15) is 0 Å². The predicted octanol–water partition coefficient (Wildman–Crippen LogP) is 41.8. The molecule has 0 saturated carbocycles. The van der Waals surface area contributed by atoms with Crippen LogP contribution in [0.3, 0.4) is 0 Å². The highest BCUT2D eigenvalue weighted by Gasteiger charge is 2.49. The molecular weight excluding hydrogens is 1310 g/mol. The Kier molecular flexibility index (Phi) is 91.9. The maximum Gasteiger partial charge on any atom is -0.0213 e. The van der Waals surface area contributed by atoms with Crippen molar-refractivity contribution in [2.75, 3.05) is 0 Å². The molecule has 0 aromatic carbocycles. The van der Waals surface area contributed by atoms with E-state index < -0.39 is 0 Å². The Hall–Kier alpha value is 0. The van der Waals surface area contributed by atoms with Crippen LogP contribution in [-0.2, 0) is 0 Å². The van der Waals surface area contributed by atoms with Gasteiger partial charge in [-0.3, -0.25) is 0 Å². The summed E-state index contributed by atoms with van der Waals surface area (Å²) in [6, 6.07) is 0. The summed E-state index contributed by atoms with van der Waals surface area (Å²) in [6.45, 7) is 24.9. The molecule has 0 bridgehead atoms. The molecule has 0 nitrogen and oxygen atoms in total. The van der Waals surface area contributed by atoms with E-state index in [0.29, 0.717) is 5.41 Å². The monoisotopic (exact) mass is 1530 g/mol. The molecule has 656 valence electrons. The van der Waals surface area contributed by atoms with Crippen molar-refractivity contribution in [3.63, 3.8) is 0 Å². The van der Waals surface area contributed by atoms with Crippen molar-refractivity contribution in [1.29, 1.82) is 0 Å². The van der Waals surface area contributed by atoms with E-state index in [1.807, 2.05) is 0 Å². The summed E-state index contributed by atoms with van der Waals surface area (Å²) in [5.41, 5.74) is 0.487. The minimum absolute atomic E-state index is 0.487. The van der Waals surface area contributed by atoms with E-state index in [1.54, 1.807) is 25.7 Å². The first kappa shape index (κ1) is 109. The molecule has 0 saturated heterocycles. The minimum Gasteiger partial charge on any atom is -0.0654 e. The Morgan fingerprint density at radius 1 is 0.147 bits per heavy atom. The summed E-state index contributed by atoms with van der Waals surface area (Å²) in [5, 5.41) is 0. The summed E-state index contributed by atoms with van der Waals surface area (Å²) in [5.74, 6) is 5.27. The van der Waals surface area contributed by atoms with E-state index in [9.17, 15) is 0 Å². The summed E-state index contributed by atoms with van der Waals surface area (Å²) >= 11 is 0. The molecule has 0 aliphatic rings. The van der Waals surface area contributed by atoms with Gasteiger partial charge < -0.3 is 0 Å². The van der Waals surface area contributed by atoms with Gasteiger partial charge in [-0.15, -0.1) is 0 Å². The third-order valence-electron chi connectivity index (χ3n) is 28.1. The third-order valence-corrected chi connectivity index (χ3v) is 28.1. The van der Waals surface area contributed by atoms with Crippen molar-refractivity contribution in [3.8, 4) is 0 Å². The lowest BCUT2D eigenvalue weighted by atomic mass is 9.51. The summed E-state index contributed by atoms with van der Waals surface area (Å²) < 4.78 is 0. The molecule has 5 unspecified atom stereocenters. The Morgan fingerprint density at radius 3 is 0.505 bits per heavy atom. The maximum absolute atomic E-state index is 2.97. The quantitative estimate of drug-likeness (QED) is 0.0533. The Morgan fingerprint density at radius 2 is 0.303 bits per heavy atom. The molecule has 0 heterocycles. The van der Waals surface area contributed by atoms with Crippen LogP contribution in [0.1, 0.15) is 660 Å². The average molecular weight is 1530 g/mol. The van der Waals surface area contributed by atoms with Crippen LogP contribution in [0.5, 0.6) is 0 Å². The van der Waals surface area contributed by atoms with Gasteiger partial charge in [0.25, 0.3) is 0 Å². The second kappa shape index (κ2) is 91.9. The standard InChI is InChI=1S/C109H220/c1-11-15-19-23-27-31-35-39-42-44-46-53-59-69-77-85-93-101-108(105(9)97-89-81-73-65-56-51-41-37-33-29-25-21-17-13-3)109(106(10)98-90-82-74-66-57-49-38-34-30-26-22-18-14-4,102-94-86-78-70-62-54-48-47-50-55-63-71-79-87-95-103(5)6)107(100-92-84-76-68-61-60-64-72-80-88-96-104(7)8)99-91-83-75-67-58-52-45-43-40-36-32-28-24-20-16-12-2/h103-108H,11-102H2,1-10H3. The van der Waals surface area contributed by atoms with Gasteiger partial charge in [-0.2, -0.15) is 0 Å². The van der Waals surface area contributed by atoms with Crippen molar-refractivity contribution in [3.05, 3.63) is 0 Å². The number of hydrogen-bond acceptors (Lipinski definition) is 0. The average Bonchev–Trinajstić information content (AvgIpc) is 0.766. The van der Waals surface area contributed by atoms with Crippen LogP contribution in [0, 0.1) is 40.9 Å². The van der Waals surface area contributed by atoms with Gasteiger partial charge in [-0.1, -0.05) is 634 Å². The van der Waals surface area contributed by atoms with Gasteiger partial charge in [-0.05, 0) is 66.6 Å². The first-order chi connectivity index (χ1) is 53.7. The SMILES string of the molecule is CCCCCCCCCCCCCCCCCCCC(C(C)CCCCCCCCCCCCCCCC)C(CCCCCCCCCCCCCCCCC(C)C)(C(C)CCCCCCCCCCCCCCC)C(CCCCCCCCCCCCCCCCCC)CCCCCCCCCCCCC(C)C. The van der Waals surface area contributed by atoms with Crippen LogP contribution in [0.25, 0.3) is 0 Å². The molecule has 0 fully saturated rings. The van der Waals surface area contributed by atoms with Crippen LogP contribution in [0.2, 0.25) is 0 Å². The molecule has 0 aliphatic carbocycles.